The summed E-state index contributed by atoms with van der Waals surface area (Å²) < 4.78 is 25.3. The van der Waals surface area contributed by atoms with Crippen molar-refractivity contribution in [1.82, 2.24) is 0 Å². The van der Waals surface area contributed by atoms with Gasteiger partial charge < -0.3 is 29.2 Å². The van der Waals surface area contributed by atoms with Gasteiger partial charge >= 0.3 is 5.97 Å². The molecule has 8 nitrogen and oxygen atoms in total. The summed E-state index contributed by atoms with van der Waals surface area (Å²) in [5.74, 6) is -0.989. The highest BCUT2D eigenvalue weighted by atomic mass is 16.6. The van der Waals surface area contributed by atoms with Crippen molar-refractivity contribution in [2.45, 2.75) is 129 Å². The van der Waals surface area contributed by atoms with Crippen LogP contribution in [-0.2, 0) is 28.5 Å². The molecule has 0 aromatic heterocycles. The Kier molecular flexibility index (Phi) is 6.93. The Morgan fingerprint density at radius 2 is 1.92 bits per heavy atom. The van der Waals surface area contributed by atoms with Gasteiger partial charge in [-0.2, -0.15) is 0 Å². The van der Waals surface area contributed by atoms with E-state index in [1.807, 2.05) is 20.8 Å². The van der Waals surface area contributed by atoms with Crippen LogP contribution in [0.1, 0.15) is 87.5 Å². The first-order chi connectivity index (χ1) is 18.1. The zero-order valence-corrected chi connectivity index (χ0v) is 24.7. The first kappa shape index (κ1) is 28.8. The summed E-state index contributed by atoms with van der Waals surface area (Å²) in [5.41, 5.74) is -2.48. The minimum Gasteiger partial charge on any atom is -0.483 e. The number of allylic oxidation sites excluding steroid dienone is 1. The Bertz CT molecular complexity index is 1100. The number of rotatable bonds is 6. The molecule has 8 heteroatoms. The van der Waals surface area contributed by atoms with Crippen LogP contribution in [-0.4, -0.2) is 69.8 Å². The first-order valence-corrected chi connectivity index (χ1v) is 14.7. The maximum atomic E-state index is 14.1. The van der Waals surface area contributed by atoms with E-state index in [2.05, 4.69) is 13.8 Å². The molecule has 0 spiro atoms. The monoisotopic (exact) mass is 546 g/mol. The number of ether oxygens (including phenoxy) is 4. The highest BCUT2D eigenvalue weighted by molar-refractivity contribution is 6.10. The van der Waals surface area contributed by atoms with Gasteiger partial charge in [0.2, 0.25) is 5.78 Å². The molecule has 0 unspecified atom stereocenters. The number of fused-ring (bicyclic) bond motifs is 4. The molecule has 3 fully saturated rings. The van der Waals surface area contributed by atoms with Crippen LogP contribution in [0.2, 0.25) is 0 Å². The van der Waals surface area contributed by atoms with E-state index in [4.69, 9.17) is 18.9 Å². The SMILES string of the molecule is CC[C@@H](C)[C@@H](OC(C)=O)[C@@H](C)C1=C[C@@]2(O)CO[C@@H]3C2=C(O[C@]2(C)CC[C@H]4O[C@@H](C(C)(C)O)CC[C@]4(C)[C@@H]32)C1=O. The molecule has 3 aliphatic heterocycles. The number of esters is 1. The lowest BCUT2D eigenvalue weighted by Crippen LogP contribution is -2.66. The molecule has 3 heterocycles. The summed E-state index contributed by atoms with van der Waals surface area (Å²) >= 11 is 0. The van der Waals surface area contributed by atoms with E-state index in [0.29, 0.717) is 24.0 Å². The van der Waals surface area contributed by atoms with Gasteiger partial charge in [0, 0.05) is 35.3 Å². The Morgan fingerprint density at radius 3 is 2.54 bits per heavy atom. The molecular weight excluding hydrogens is 500 g/mol. The van der Waals surface area contributed by atoms with Crippen LogP contribution in [0.3, 0.4) is 0 Å². The van der Waals surface area contributed by atoms with Crippen molar-refractivity contribution in [2.75, 3.05) is 6.61 Å². The topological polar surface area (TPSA) is 112 Å². The van der Waals surface area contributed by atoms with Crippen molar-refractivity contribution in [1.29, 1.82) is 0 Å². The number of carbonyl (C=O) groups is 2. The van der Waals surface area contributed by atoms with E-state index in [0.717, 1.165) is 19.3 Å². The maximum absolute atomic E-state index is 14.1. The fourth-order valence-corrected chi connectivity index (χ4v) is 8.24. The number of hydrogen-bond acceptors (Lipinski definition) is 8. The number of hydrogen-bond donors (Lipinski definition) is 2. The molecule has 5 rings (SSSR count). The zero-order chi connectivity index (χ0) is 28.7. The molecule has 0 bridgehead atoms. The fraction of sp³-hybridized carbons (Fsp3) is 0.806. The minimum atomic E-state index is -1.47. The lowest BCUT2D eigenvalue weighted by molar-refractivity contribution is -0.260. The van der Waals surface area contributed by atoms with Gasteiger partial charge in [-0.25, -0.2) is 0 Å². The molecule has 2 aliphatic carbocycles. The molecule has 1 saturated carbocycles. The highest BCUT2D eigenvalue weighted by Crippen LogP contribution is 2.62. The molecule has 0 aromatic rings. The van der Waals surface area contributed by atoms with Crippen molar-refractivity contribution < 1.29 is 38.7 Å². The van der Waals surface area contributed by atoms with Crippen molar-refractivity contribution in [3.63, 3.8) is 0 Å². The summed E-state index contributed by atoms with van der Waals surface area (Å²) in [5, 5.41) is 22.6. The summed E-state index contributed by atoms with van der Waals surface area (Å²) in [7, 11) is 0. The second-order valence-corrected chi connectivity index (χ2v) is 13.8. The summed E-state index contributed by atoms with van der Waals surface area (Å²) in [4.78, 5) is 26.0. The summed E-state index contributed by atoms with van der Waals surface area (Å²) in [6.07, 6.45) is 4.02. The average molecular weight is 547 g/mol. The van der Waals surface area contributed by atoms with Crippen LogP contribution in [0, 0.1) is 23.2 Å². The third-order valence-electron chi connectivity index (χ3n) is 10.5. The Morgan fingerprint density at radius 1 is 1.23 bits per heavy atom. The largest absolute Gasteiger partial charge is 0.483 e. The van der Waals surface area contributed by atoms with Gasteiger partial charge in [0.15, 0.2) is 5.76 Å². The van der Waals surface area contributed by atoms with E-state index >= 15 is 0 Å². The number of Topliss-reactive ketones (excluding diaryl/α,β-unsaturated/α-hetero) is 1. The van der Waals surface area contributed by atoms with E-state index in [-0.39, 0.29) is 47.6 Å². The normalized spacial score (nSPS) is 41.9. The van der Waals surface area contributed by atoms with E-state index in [1.54, 1.807) is 19.9 Å². The van der Waals surface area contributed by atoms with Crippen molar-refractivity contribution in [3.8, 4) is 0 Å². The average Bonchev–Trinajstić information content (AvgIpc) is 3.19. The highest BCUT2D eigenvalue weighted by Gasteiger charge is 2.68. The zero-order valence-electron chi connectivity index (χ0n) is 24.7. The molecular formula is C31H46O8. The van der Waals surface area contributed by atoms with Gasteiger partial charge in [-0.15, -0.1) is 0 Å². The second kappa shape index (κ2) is 9.40. The smallest absolute Gasteiger partial charge is 0.302 e. The third kappa shape index (κ3) is 4.41. The third-order valence-corrected chi connectivity index (χ3v) is 10.5. The molecule has 218 valence electrons. The molecule has 10 atom stereocenters. The van der Waals surface area contributed by atoms with Crippen molar-refractivity contribution >= 4 is 11.8 Å². The van der Waals surface area contributed by atoms with Crippen LogP contribution < -0.4 is 0 Å². The van der Waals surface area contributed by atoms with Crippen LogP contribution >= 0.6 is 0 Å². The molecule has 39 heavy (non-hydrogen) atoms. The molecule has 0 radical (unpaired) electrons. The Labute approximate surface area is 232 Å². The summed E-state index contributed by atoms with van der Waals surface area (Å²) in [6, 6.07) is 0. The standard InChI is InChI=1S/C31H46O8/c1-9-16(2)24(37-18(4)32)17(3)19-14-31(35)15-36-26-22(31)25(23(19)33)39-30(8)13-11-21-29(7,27(26)30)12-10-20(38-21)28(5,6)34/h14,16-17,20-21,24,26-27,34-35H,9-13,15H2,1-8H3/t16-,17+,20-,21-,24-,26-,27-,29+,30-,31-/m1/s1. The summed E-state index contributed by atoms with van der Waals surface area (Å²) in [6.45, 7) is 15.2. The number of carbonyl (C=O) groups excluding carboxylic acids is 2. The number of ketones is 1. The van der Waals surface area contributed by atoms with Crippen LogP contribution in [0.25, 0.3) is 0 Å². The van der Waals surface area contributed by atoms with Gasteiger partial charge in [0.05, 0.1) is 30.5 Å². The van der Waals surface area contributed by atoms with E-state index in [9.17, 15) is 19.8 Å². The molecule has 0 aromatic carbocycles. The van der Waals surface area contributed by atoms with E-state index in [1.165, 1.54) is 6.92 Å². The Balaban J connectivity index is 1.51. The van der Waals surface area contributed by atoms with Gasteiger partial charge in [-0.3, -0.25) is 9.59 Å². The molecule has 0 amide bonds. The minimum absolute atomic E-state index is 0.0265. The second-order valence-electron chi connectivity index (χ2n) is 13.8. The molecule has 2 saturated heterocycles. The van der Waals surface area contributed by atoms with Crippen molar-refractivity contribution in [3.05, 3.63) is 23.0 Å². The quantitative estimate of drug-likeness (QED) is 0.481. The van der Waals surface area contributed by atoms with Crippen LogP contribution in [0.15, 0.2) is 23.0 Å². The van der Waals surface area contributed by atoms with Crippen LogP contribution in [0.5, 0.6) is 0 Å². The fourth-order valence-electron chi connectivity index (χ4n) is 8.24. The van der Waals surface area contributed by atoms with Crippen LogP contribution in [0.4, 0.5) is 0 Å². The van der Waals surface area contributed by atoms with Gasteiger partial charge in [0.25, 0.3) is 0 Å². The predicted octanol–water partition coefficient (Wildman–Crippen LogP) is 4.02. The predicted molar refractivity (Wildman–Crippen MR) is 143 cm³/mol. The van der Waals surface area contributed by atoms with Gasteiger partial charge in [0.1, 0.15) is 17.3 Å². The van der Waals surface area contributed by atoms with E-state index < -0.39 is 40.9 Å². The van der Waals surface area contributed by atoms with Crippen molar-refractivity contribution in [2.24, 2.45) is 23.2 Å². The molecule has 2 N–H and O–H groups in total. The number of aliphatic hydroxyl groups is 2. The van der Waals surface area contributed by atoms with Gasteiger partial charge in [-0.05, 0) is 58.4 Å². The lowest BCUT2D eigenvalue weighted by Gasteiger charge is -2.62. The molecule has 5 aliphatic rings. The lowest BCUT2D eigenvalue weighted by atomic mass is 9.52. The maximum Gasteiger partial charge on any atom is 0.302 e. The first-order valence-electron chi connectivity index (χ1n) is 14.7. The van der Waals surface area contributed by atoms with Gasteiger partial charge in [-0.1, -0.05) is 34.1 Å². The Hall–Kier alpha value is -1.74.